The monoisotopic (exact) mass is 348 g/mol. The second-order valence-corrected chi connectivity index (χ2v) is 9.61. The summed E-state index contributed by atoms with van der Waals surface area (Å²) in [6.45, 7) is 4.90. The van der Waals surface area contributed by atoms with E-state index in [0.29, 0.717) is 5.92 Å². The molecule has 0 aromatic heterocycles. The highest BCUT2D eigenvalue weighted by atomic mass is 16.1. The Kier molecular flexibility index (Phi) is 10.2. The van der Waals surface area contributed by atoms with Crippen LogP contribution in [-0.4, -0.2) is 6.29 Å². The first-order chi connectivity index (χ1) is 12.2. The molecule has 1 heteroatoms. The first kappa shape index (κ1) is 21.0. The van der Waals surface area contributed by atoms with Crippen molar-refractivity contribution in [2.24, 2.45) is 29.6 Å². The Labute approximate surface area is 157 Å². The minimum Gasteiger partial charge on any atom is -0.303 e. The van der Waals surface area contributed by atoms with Crippen LogP contribution in [0, 0.1) is 29.6 Å². The predicted octanol–water partition coefficient (Wildman–Crippen LogP) is 7.57. The molecule has 1 nitrogen and oxygen atoms in total. The molecule has 0 N–H and O–H groups in total. The highest BCUT2D eigenvalue weighted by Crippen LogP contribution is 2.36. The van der Waals surface area contributed by atoms with Crippen molar-refractivity contribution in [3.05, 3.63) is 0 Å². The Bertz CT molecular complexity index is 350. The van der Waals surface area contributed by atoms with Gasteiger partial charge in [-0.05, 0) is 42.9 Å². The van der Waals surface area contributed by atoms with Gasteiger partial charge in [0.15, 0.2) is 0 Å². The van der Waals surface area contributed by atoms with Gasteiger partial charge in [0.2, 0.25) is 0 Å². The molecule has 25 heavy (non-hydrogen) atoms. The zero-order chi connectivity index (χ0) is 17.9. The van der Waals surface area contributed by atoms with Gasteiger partial charge in [0.25, 0.3) is 0 Å². The largest absolute Gasteiger partial charge is 0.303 e. The number of carbonyl (C=O) groups excluding carboxylic acids is 1. The summed E-state index contributed by atoms with van der Waals surface area (Å²) in [4.78, 5) is 10.9. The van der Waals surface area contributed by atoms with Gasteiger partial charge in [0.05, 0.1) is 0 Å². The van der Waals surface area contributed by atoms with Crippen LogP contribution in [0.5, 0.6) is 0 Å². The van der Waals surface area contributed by atoms with E-state index in [-0.39, 0.29) is 0 Å². The lowest BCUT2D eigenvalue weighted by Gasteiger charge is -2.32. The van der Waals surface area contributed by atoms with Gasteiger partial charge in [-0.25, -0.2) is 0 Å². The third-order valence-corrected chi connectivity index (χ3v) is 7.45. The maximum atomic E-state index is 10.9. The fourth-order valence-corrected chi connectivity index (χ4v) is 5.39. The number of hydrogen-bond acceptors (Lipinski definition) is 1. The van der Waals surface area contributed by atoms with E-state index in [1.54, 1.807) is 0 Å². The lowest BCUT2D eigenvalue weighted by molar-refractivity contribution is -0.112. The number of rotatable bonds is 11. The van der Waals surface area contributed by atoms with Crippen LogP contribution in [0.4, 0.5) is 0 Å². The standard InChI is InChI=1S/C24H44O/c1-20-15-16-23(17-21(20)2)12-9-7-5-3-4-6-8-11-22-13-10-14-24(18-22)19-25/h19-24H,3-18H2,1-2H3. The molecule has 0 amide bonds. The number of aldehydes is 1. The van der Waals surface area contributed by atoms with E-state index in [1.165, 1.54) is 103 Å². The lowest BCUT2D eigenvalue weighted by Crippen LogP contribution is -2.20. The third kappa shape index (κ3) is 8.27. The molecule has 5 atom stereocenters. The Balaban J connectivity index is 1.37. The average molecular weight is 349 g/mol. The number of unbranched alkanes of at least 4 members (excludes halogenated alkanes) is 6. The minimum absolute atomic E-state index is 0.383. The van der Waals surface area contributed by atoms with Crippen LogP contribution in [0.3, 0.4) is 0 Å². The molecule has 2 aliphatic rings. The summed E-state index contributed by atoms with van der Waals surface area (Å²) in [5, 5.41) is 0. The van der Waals surface area contributed by atoms with Crippen LogP contribution >= 0.6 is 0 Å². The highest BCUT2D eigenvalue weighted by Gasteiger charge is 2.24. The molecule has 0 aromatic carbocycles. The zero-order valence-corrected chi connectivity index (χ0v) is 17.2. The van der Waals surface area contributed by atoms with Gasteiger partial charge in [-0.3, -0.25) is 0 Å². The van der Waals surface area contributed by atoms with Crippen molar-refractivity contribution < 1.29 is 4.79 Å². The molecule has 5 unspecified atom stereocenters. The van der Waals surface area contributed by atoms with Crippen molar-refractivity contribution in [1.82, 2.24) is 0 Å². The van der Waals surface area contributed by atoms with Gasteiger partial charge in [0, 0.05) is 5.92 Å². The Morgan fingerprint density at radius 3 is 1.88 bits per heavy atom. The lowest BCUT2D eigenvalue weighted by atomic mass is 9.74. The smallest absolute Gasteiger partial charge is 0.123 e. The van der Waals surface area contributed by atoms with E-state index < -0.39 is 0 Å². The Morgan fingerprint density at radius 1 is 0.680 bits per heavy atom. The average Bonchev–Trinajstić information content (AvgIpc) is 2.63. The normalized spacial score (nSPS) is 33.3. The molecule has 0 radical (unpaired) electrons. The minimum atomic E-state index is 0.383. The van der Waals surface area contributed by atoms with E-state index in [2.05, 4.69) is 13.8 Å². The van der Waals surface area contributed by atoms with Crippen LogP contribution in [0.2, 0.25) is 0 Å². The molecule has 0 spiro atoms. The Morgan fingerprint density at radius 2 is 1.28 bits per heavy atom. The summed E-state index contributed by atoms with van der Waals surface area (Å²) in [6.07, 6.45) is 23.6. The van der Waals surface area contributed by atoms with Gasteiger partial charge in [-0.15, -0.1) is 0 Å². The molecule has 0 aromatic rings. The molecule has 0 heterocycles. The van der Waals surface area contributed by atoms with E-state index in [0.717, 1.165) is 30.1 Å². The summed E-state index contributed by atoms with van der Waals surface area (Å²) in [6, 6.07) is 0. The fourth-order valence-electron chi connectivity index (χ4n) is 5.39. The van der Waals surface area contributed by atoms with Crippen molar-refractivity contribution in [2.45, 2.75) is 117 Å². The quantitative estimate of drug-likeness (QED) is 0.278. The molecule has 2 fully saturated rings. The topological polar surface area (TPSA) is 17.1 Å². The maximum absolute atomic E-state index is 10.9. The van der Waals surface area contributed by atoms with Crippen LogP contribution in [0.1, 0.15) is 117 Å². The van der Waals surface area contributed by atoms with Gasteiger partial charge in [-0.1, -0.05) is 97.3 Å². The van der Waals surface area contributed by atoms with E-state index in [1.807, 2.05) is 0 Å². The molecular weight excluding hydrogens is 304 g/mol. The SMILES string of the molecule is CC1CCC(CCCCCCCCCC2CCCC(C=O)C2)CC1C. The Hall–Kier alpha value is -0.330. The maximum Gasteiger partial charge on any atom is 0.123 e. The van der Waals surface area contributed by atoms with Crippen molar-refractivity contribution in [3.8, 4) is 0 Å². The molecule has 0 saturated heterocycles. The summed E-state index contributed by atoms with van der Waals surface area (Å²) < 4.78 is 0. The van der Waals surface area contributed by atoms with Gasteiger partial charge < -0.3 is 4.79 Å². The molecule has 146 valence electrons. The summed E-state index contributed by atoms with van der Waals surface area (Å²) in [5.74, 6) is 4.20. The van der Waals surface area contributed by atoms with Crippen LogP contribution in [0.15, 0.2) is 0 Å². The number of carbonyl (C=O) groups is 1. The number of hydrogen-bond donors (Lipinski definition) is 0. The molecule has 2 saturated carbocycles. The van der Waals surface area contributed by atoms with Crippen molar-refractivity contribution in [2.75, 3.05) is 0 Å². The van der Waals surface area contributed by atoms with E-state index in [4.69, 9.17) is 0 Å². The summed E-state index contributed by atoms with van der Waals surface area (Å²) in [7, 11) is 0. The van der Waals surface area contributed by atoms with Crippen molar-refractivity contribution in [1.29, 1.82) is 0 Å². The highest BCUT2D eigenvalue weighted by molar-refractivity contribution is 5.53. The molecule has 0 aliphatic heterocycles. The predicted molar refractivity (Wildman–Crippen MR) is 109 cm³/mol. The van der Waals surface area contributed by atoms with E-state index >= 15 is 0 Å². The second kappa shape index (κ2) is 12.1. The first-order valence-electron chi connectivity index (χ1n) is 11.6. The van der Waals surface area contributed by atoms with E-state index in [9.17, 15) is 4.79 Å². The van der Waals surface area contributed by atoms with Crippen LogP contribution < -0.4 is 0 Å². The zero-order valence-electron chi connectivity index (χ0n) is 17.2. The van der Waals surface area contributed by atoms with Crippen LogP contribution in [0.25, 0.3) is 0 Å². The summed E-state index contributed by atoms with van der Waals surface area (Å²) >= 11 is 0. The molecule has 0 bridgehead atoms. The first-order valence-corrected chi connectivity index (χ1v) is 11.6. The molecule has 2 aliphatic carbocycles. The third-order valence-electron chi connectivity index (χ3n) is 7.45. The van der Waals surface area contributed by atoms with Gasteiger partial charge in [-0.2, -0.15) is 0 Å². The van der Waals surface area contributed by atoms with Gasteiger partial charge in [0.1, 0.15) is 6.29 Å². The summed E-state index contributed by atoms with van der Waals surface area (Å²) in [5.41, 5.74) is 0. The van der Waals surface area contributed by atoms with Crippen molar-refractivity contribution >= 4 is 6.29 Å². The van der Waals surface area contributed by atoms with Crippen LogP contribution in [-0.2, 0) is 4.79 Å². The second-order valence-electron chi connectivity index (χ2n) is 9.61. The molecular formula is C24H44O. The fraction of sp³-hybridized carbons (Fsp3) is 0.958. The van der Waals surface area contributed by atoms with Gasteiger partial charge >= 0.3 is 0 Å². The molecule has 2 rings (SSSR count). The van der Waals surface area contributed by atoms with Crippen molar-refractivity contribution in [3.63, 3.8) is 0 Å².